The average Bonchev–Trinajstić information content (AvgIpc) is 3.43. The Morgan fingerprint density at radius 2 is 1.81 bits per heavy atom. The minimum Gasteiger partial charge on any atom is -0.339 e. The molecule has 0 saturated carbocycles. The molecule has 0 spiro atoms. The maximum atomic E-state index is 13.3. The van der Waals surface area contributed by atoms with Gasteiger partial charge in [0.2, 0.25) is 5.91 Å². The third-order valence-corrected chi connectivity index (χ3v) is 7.55. The number of hydrogen-bond donors (Lipinski definition) is 1. The maximum Gasteiger partial charge on any atom is 0.262 e. The molecule has 1 N–H and O–H groups in total. The zero-order valence-electron chi connectivity index (χ0n) is 16.7. The number of carbonyl (C=O) groups excluding carboxylic acids is 2. The zero-order valence-corrected chi connectivity index (χ0v) is 18.4. The molecule has 5 rings (SSSR count). The predicted octanol–water partition coefficient (Wildman–Crippen LogP) is 4.32. The number of nitrogens with zero attached hydrogens (tertiary/aromatic N) is 2. The highest BCUT2D eigenvalue weighted by atomic mass is 32.1. The number of likely N-dealkylation sites (tertiary alicyclic amines) is 1. The summed E-state index contributed by atoms with van der Waals surface area (Å²) >= 11 is 3.07. The van der Waals surface area contributed by atoms with Crippen LogP contribution in [0.15, 0.2) is 72.1 Å². The van der Waals surface area contributed by atoms with Gasteiger partial charge >= 0.3 is 0 Å². The highest BCUT2D eigenvalue weighted by Gasteiger charge is 2.37. The molecule has 0 bridgehead atoms. The highest BCUT2D eigenvalue weighted by Crippen LogP contribution is 2.33. The van der Waals surface area contributed by atoms with Crippen molar-refractivity contribution >= 4 is 44.7 Å². The smallest absolute Gasteiger partial charge is 0.262 e. The minimum absolute atomic E-state index is 0.0360. The number of carbonyl (C=O) groups is 2. The molecule has 1 saturated heterocycles. The molecule has 3 heterocycles. The summed E-state index contributed by atoms with van der Waals surface area (Å²) in [7, 11) is 0. The SMILES string of the molecule is O=C(NC(Cc1ccccc1)C(=O)N1CC(c2nc3ccccc3s2)C1)c1cccs1. The molecular weight excluding hydrogens is 426 g/mol. The van der Waals surface area contributed by atoms with E-state index in [1.54, 1.807) is 17.4 Å². The lowest BCUT2D eigenvalue weighted by Crippen LogP contribution is -2.56. The van der Waals surface area contributed by atoms with Crippen molar-refractivity contribution in [3.8, 4) is 0 Å². The van der Waals surface area contributed by atoms with Gasteiger partial charge in [0.1, 0.15) is 11.0 Å². The molecule has 31 heavy (non-hydrogen) atoms. The van der Waals surface area contributed by atoms with Gasteiger partial charge in [0, 0.05) is 25.4 Å². The third-order valence-electron chi connectivity index (χ3n) is 5.48. The van der Waals surface area contributed by atoms with Gasteiger partial charge in [-0.1, -0.05) is 48.5 Å². The van der Waals surface area contributed by atoms with Gasteiger partial charge in [-0.25, -0.2) is 4.98 Å². The number of para-hydroxylation sites is 1. The number of benzene rings is 2. The largest absolute Gasteiger partial charge is 0.339 e. The first-order valence-corrected chi connectivity index (χ1v) is 11.9. The summed E-state index contributed by atoms with van der Waals surface area (Å²) in [6, 6.07) is 20.9. The van der Waals surface area contributed by atoms with E-state index in [0.717, 1.165) is 16.1 Å². The number of nitrogens with one attached hydrogen (secondary N) is 1. The first kappa shape index (κ1) is 19.9. The fraction of sp³-hybridized carbons (Fsp3) is 0.208. The van der Waals surface area contributed by atoms with Gasteiger partial charge in [0.15, 0.2) is 0 Å². The highest BCUT2D eigenvalue weighted by molar-refractivity contribution is 7.18. The van der Waals surface area contributed by atoms with Gasteiger partial charge in [-0.2, -0.15) is 0 Å². The number of thiophene rings is 1. The van der Waals surface area contributed by atoms with E-state index in [4.69, 9.17) is 4.98 Å². The standard InChI is InChI=1S/C24H21N3O2S2/c28-22(21-11-6-12-30-21)25-19(13-16-7-2-1-3-8-16)24(29)27-14-17(15-27)23-26-18-9-4-5-10-20(18)31-23/h1-12,17,19H,13-15H2,(H,25,28). The molecule has 2 aromatic heterocycles. The van der Waals surface area contributed by atoms with Crippen molar-refractivity contribution in [3.05, 3.63) is 87.6 Å². The molecule has 156 valence electrons. The summed E-state index contributed by atoms with van der Waals surface area (Å²) in [6.45, 7) is 1.28. The van der Waals surface area contributed by atoms with Crippen molar-refractivity contribution in [2.24, 2.45) is 0 Å². The van der Waals surface area contributed by atoms with Crippen LogP contribution in [-0.4, -0.2) is 40.8 Å². The summed E-state index contributed by atoms with van der Waals surface area (Å²) in [6.07, 6.45) is 0.471. The van der Waals surface area contributed by atoms with Crippen LogP contribution in [-0.2, 0) is 11.2 Å². The van der Waals surface area contributed by atoms with Crippen LogP contribution in [0.4, 0.5) is 0 Å². The van der Waals surface area contributed by atoms with Crippen LogP contribution in [0.5, 0.6) is 0 Å². The lowest BCUT2D eigenvalue weighted by atomic mass is 9.97. The molecule has 2 amide bonds. The van der Waals surface area contributed by atoms with Crippen molar-refractivity contribution in [2.45, 2.75) is 18.4 Å². The fourth-order valence-corrected chi connectivity index (χ4v) is 5.46. The maximum absolute atomic E-state index is 13.3. The van der Waals surface area contributed by atoms with E-state index in [-0.39, 0.29) is 17.7 Å². The summed E-state index contributed by atoms with van der Waals surface area (Å²) in [4.78, 5) is 33.1. The van der Waals surface area contributed by atoms with E-state index in [2.05, 4.69) is 11.4 Å². The second kappa shape index (κ2) is 8.61. The van der Waals surface area contributed by atoms with Crippen LogP contribution in [0, 0.1) is 0 Å². The number of rotatable bonds is 6. The first-order valence-electron chi connectivity index (χ1n) is 10.2. The molecule has 0 radical (unpaired) electrons. The molecule has 1 atom stereocenters. The Kier molecular flexibility index (Phi) is 5.53. The molecule has 1 fully saturated rings. The summed E-state index contributed by atoms with van der Waals surface area (Å²) < 4.78 is 1.17. The molecule has 1 aliphatic rings. The Labute approximate surface area is 188 Å². The first-order chi connectivity index (χ1) is 15.2. The molecular formula is C24H21N3O2S2. The Morgan fingerprint density at radius 3 is 2.55 bits per heavy atom. The lowest BCUT2D eigenvalue weighted by molar-refractivity contribution is -0.137. The van der Waals surface area contributed by atoms with Crippen LogP contribution in [0.3, 0.4) is 0 Å². The molecule has 0 aliphatic carbocycles. The Hall–Kier alpha value is -3.03. The summed E-state index contributed by atoms with van der Waals surface area (Å²) in [5.74, 6) is 0.0189. The van der Waals surface area contributed by atoms with Crippen LogP contribution in [0.2, 0.25) is 0 Å². The van der Waals surface area contributed by atoms with Gasteiger partial charge < -0.3 is 10.2 Å². The monoisotopic (exact) mass is 447 g/mol. The molecule has 1 aliphatic heterocycles. The molecule has 5 nitrogen and oxygen atoms in total. The normalized spacial score (nSPS) is 14.9. The quantitative estimate of drug-likeness (QED) is 0.479. The third kappa shape index (κ3) is 4.24. The second-order valence-electron chi connectivity index (χ2n) is 7.65. The number of fused-ring (bicyclic) bond motifs is 1. The van der Waals surface area contributed by atoms with E-state index in [0.29, 0.717) is 24.4 Å². The van der Waals surface area contributed by atoms with Crippen molar-refractivity contribution in [1.82, 2.24) is 15.2 Å². The van der Waals surface area contributed by atoms with Gasteiger partial charge in [0.05, 0.1) is 15.1 Å². The summed E-state index contributed by atoms with van der Waals surface area (Å²) in [5, 5.41) is 5.90. The van der Waals surface area contributed by atoms with E-state index in [1.165, 1.54) is 16.0 Å². The van der Waals surface area contributed by atoms with E-state index < -0.39 is 6.04 Å². The van der Waals surface area contributed by atoms with E-state index in [1.807, 2.05) is 64.9 Å². The number of hydrogen-bond acceptors (Lipinski definition) is 5. The zero-order chi connectivity index (χ0) is 21.2. The van der Waals surface area contributed by atoms with E-state index >= 15 is 0 Å². The Morgan fingerprint density at radius 1 is 1.03 bits per heavy atom. The average molecular weight is 448 g/mol. The molecule has 7 heteroatoms. The van der Waals surface area contributed by atoms with Crippen molar-refractivity contribution < 1.29 is 9.59 Å². The number of amides is 2. The minimum atomic E-state index is -0.590. The number of aromatic nitrogens is 1. The topological polar surface area (TPSA) is 62.3 Å². The van der Waals surface area contributed by atoms with Gasteiger partial charge in [-0.05, 0) is 29.1 Å². The van der Waals surface area contributed by atoms with Crippen molar-refractivity contribution in [1.29, 1.82) is 0 Å². The van der Waals surface area contributed by atoms with Crippen LogP contribution < -0.4 is 5.32 Å². The lowest BCUT2D eigenvalue weighted by Gasteiger charge is -2.40. The van der Waals surface area contributed by atoms with Crippen molar-refractivity contribution in [2.75, 3.05) is 13.1 Å². The van der Waals surface area contributed by atoms with Crippen LogP contribution >= 0.6 is 22.7 Å². The molecule has 1 unspecified atom stereocenters. The fourth-order valence-electron chi connectivity index (χ4n) is 3.79. The molecule has 4 aromatic rings. The van der Waals surface area contributed by atoms with Crippen LogP contribution in [0.25, 0.3) is 10.2 Å². The predicted molar refractivity (Wildman–Crippen MR) is 125 cm³/mol. The molecule has 2 aromatic carbocycles. The van der Waals surface area contributed by atoms with Crippen molar-refractivity contribution in [3.63, 3.8) is 0 Å². The van der Waals surface area contributed by atoms with Gasteiger partial charge in [-0.15, -0.1) is 22.7 Å². The van der Waals surface area contributed by atoms with Crippen LogP contribution in [0.1, 0.15) is 26.2 Å². The second-order valence-corrected chi connectivity index (χ2v) is 9.66. The Bertz CT molecular complexity index is 1170. The van der Waals surface area contributed by atoms with Gasteiger partial charge in [0.25, 0.3) is 5.91 Å². The number of thiazole rings is 1. The van der Waals surface area contributed by atoms with Gasteiger partial charge in [-0.3, -0.25) is 9.59 Å². The Balaban J connectivity index is 1.29. The van der Waals surface area contributed by atoms with E-state index in [9.17, 15) is 9.59 Å². The summed E-state index contributed by atoms with van der Waals surface area (Å²) in [5.41, 5.74) is 2.04.